The molecule has 28 heavy (non-hydrogen) atoms. The maximum Gasteiger partial charge on any atom is 0.270 e. The van der Waals surface area contributed by atoms with E-state index in [1.807, 2.05) is 24.3 Å². The van der Waals surface area contributed by atoms with Gasteiger partial charge in [0, 0.05) is 0 Å². The second kappa shape index (κ2) is 7.36. The van der Waals surface area contributed by atoms with Crippen LogP contribution in [0, 0.1) is 6.92 Å². The molecule has 0 unspecified atom stereocenters. The molecule has 0 spiro atoms. The number of hydrogen-bond acceptors (Lipinski definition) is 3. The van der Waals surface area contributed by atoms with E-state index in [2.05, 4.69) is 58.7 Å². The van der Waals surface area contributed by atoms with Gasteiger partial charge < -0.3 is 0 Å². The molecule has 0 bridgehead atoms. The summed E-state index contributed by atoms with van der Waals surface area (Å²) in [7, 11) is -3.79. The molecule has 1 heterocycles. The quantitative estimate of drug-likeness (QED) is 0.533. The van der Waals surface area contributed by atoms with Gasteiger partial charge in [0.2, 0.25) is 0 Å². The van der Waals surface area contributed by atoms with Crippen LogP contribution in [0.1, 0.15) is 81.8 Å². The number of rotatable bonds is 5. The third-order valence-electron chi connectivity index (χ3n) is 5.25. The first-order chi connectivity index (χ1) is 13.1. The summed E-state index contributed by atoms with van der Waals surface area (Å²) < 4.78 is 29.4. The molecule has 3 rings (SSSR count). The average Bonchev–Trinajstić information content (AvgIpc) is 2.96. The summed E-state index contributed by atoms with van der Waals surface area (Å²) in [6.07, 6.45) is 0. The normalized spacial score (nSPS) is 12.6. The van der Waals surface area contributed by atoms with E-state index in [1.165, 1.54) is 9.54 Å². The maximum absolute atomic E-state index is 14.0. The summed E-state index contributed by atoms with van der Waals surface area (Å²) in [5.41, 5.74) is 4.26. The van der Waals surface area contributed by atoms with Crippen molar-refractivity contribution in [3.05, 3.63) is 58.9 Å². The molecule has 0 atom stereocenters. The highest BCUT2D eigenvalue weighted by Crippen LogP contribution is 2.37. The maximum atomic E-state index is 14.0. The molecule has 0 amide bonds. The number of imidazole rings is 1. The number of para-hydroxylation sites is 2. The van der Waals surface area contributed by atoms with Gasteiger partial charge in [-0.3, -0.25) is 0 Å². The van der Waals surface area contributed by atoms with Crippen molar-refractivity contribution in [2.75, 3.05) is 0 Å². The van der Waals surface area contributed by atoms with Crippen LogP contribution in [-0.2, 0) is 10.0 Å². The molecule has 0 fully saturated rings. The van der Waals surface area contributed by atoms with E-state index in [9.17, 15) is 8.42 Å². The molecule has 2 aromatic carbocycles. The standard InChI is InChI=1S/C23H30N2O2S/c1-14(2)18-12-19(15(3)4)23(20(13-18)16(5)6)28(26,27)25-17(7)24-21-10-8-9-11-22(21)25/h8-16H,1-7H3. The Bertz CT molecular complexity index is 1090. The van der Waals surface area contributed by atoms with Gasteiger partial charge in [0.25, 0.3) is 10.0 Å². The topological polar surface area (TPSA) is 52.0 Å². The Morgan fingerprint density at radius 3 is 1.89 bits per heavy atom. The third kappa shape index (κ3) is 3.37. The highest BCUT2D eigenvalue weighted by Gasteiger charge is 2.30. The van der Waals surface area contributed by atoms with Crippen LogP contribution in [0.2, 0.25) is 0 Å². The predicted molar refractivity (Wildman–Crippen MR) is 116 cm³/mol. The van der Waals surface area contributed by atoms with Crippen molar-refractivity contribution in [3.63, 3.8) is 0 Å². The molecule has 5 heteroatoms. The van der Waals surface area contributed by atoms with E-state index in [-0.39, 0.29) is 11.8 Å². The lowest BCUT2D eigenvalue weighted by Gasteiger charge is -2.23. The van der Waals surface area contributed by atoms with Gasteiger partial charge in [-0.2, -0.15) is 0 Å². The Morgan fingerprint density at radius 2 is 1.39 bits per heavy atom. The zero-order chi connectivity index (χ0) is 20.8. The van der Waals surface area contributed by atoms with Gasteiger partial charge in [0.1, 0.15) is 5.82 Å². The molecular formula is C23H30N2O2S. The van der Waals surface area contributed by atoms with Gasteiger partial charge in [0.15, 0.2) is 0 Å². The Balaban J connectivity index is 2.43. The van der Waals surface area contributed by atoms with Crippen molar-refractivity contribution in [1.82, 2.24) is 8.96 Å². The molecule has 0 radical (unpaired) electrons. The predicted octanol–water partition coefficient (Wildman–Crippen LogP) is 5.95. The average molecular weight is 399 g/mol. The van der Waals surface area contributed by atoms with E-state index in [0.29, 0.717) is 27.7 Å². The fourth-order valence-electron chi connectivity index (χ4n) is 3.71. The lowest BCUT2D eigenvalue weighted by molar-refractivity contribution is 0.581. The summed E-state index contributed by atoms with van der Waals surface area (Å²) in [5.74, 6) is 1.01. The highest BCUT2D eigenvalue weighted by atomic mass is 32.2. The zero-order valence-electron chi connectivity index (χ0n) is 17.8. The number of benzene rings is 2. The molecule has 0 aliphatic heterocycles. The first-order valence-electron chi connectivity index (χ1n) is 9.93. The molecule has 150 valence electrons. The van der Waals surface area contributed by atoms with E-state index in [1.54, 1.807) is 6.92 Å². The van der Waals surface area contributed by atoms with Crippen molar-refractivity contribution >= 4 is 21.1 Å². The molecule has 0 saturated heterocycles. The number of fused-ring (bicyclic) bond motifs is 1. The van der Waals surface area contributed by atoms with E-state index < -0.39 is 10.0 Å². The van der Waals surface area contributed by atoms with Crippen LogP contribution < -0.4 is 0 Å². The largest absolute Gasteiger partial charge is 0.270 e. The zero-order valence-corrected chi connectivity index (χ0v) is 18.6. The van der Waals surface area contributed by atoms with E-state index in [0.717, 1.165) is 11.1 Å². The molecule has 0 aliphatic rings. The summed E-state index contributed by atoms with van der Waals surface area (Å²) in [5, 5.41) is 0. The number of aromatic nitrogens is 2. The minimum absolute atomic E-state index is 0.0936. The summed E-state index contributed by atoms with van der Waals surface area (Å²) in [6, 6.07) is 11.5. The SMILES string of the molecule is Cc1nc2ccccc2n1S(=O)(=O)c1c(C(C)C)cc(C(C)C)cc1C(C)C. The minimum atomic E-state index is -3.79. The Labute approximate surface area is 168 Å². The van der Waals surface area contributed by atoms with E-state index >= 15 is 0 Å². The van der Waals surface area contributed by atoms with E-state index in [4.69, 9.17) is 0 Å². The van der Waals surface area contributed by atoms with Gasteiger partial charge in [-0.1, -0.05) is 65.8 Å². The van der Waals surface area contributed by atoms with Crippen LogP contribution in [0.5, 0.6) is 0 Å². The molecule has 4 nitrogen and oxygen atoms in total. The second-order valence-electron chi connectivity index (χ2n) is 8.41. The molecular weight excluding hydrogens is 368 g/mol. The number of aryl methyl sites for hydroxylation is 1. The van der Waals surface area contributed by atoms with Crippen molar-refractivity contribution in [1.29, 1.82) is 0 Å². The third-order valence-corrected chi connectivity index (χ3v) is 7.18. The summed E-state index contributed by atoms with van der Waals surface area (Å²) >= 11 is 0. The van der Waals surface area contributed by atoms with Crippen molar-refractivity contribution in [2.24, 2.45) is 0 Å². The van der Waals surface area contributed by atoms with Gasteiger partial charge in [-0.25, -0.2) is 17.4 Å². The summed E-state index contributed by atoms with van der Waals surface area (Å²) in [6.45, 7) is 14.3. The summed E-state index contributed by atoms with van der Waals surface area (Å²) in [4.78, 5) is 4.92. The van der Waals surface area contributed by atoms with Crippen LogP contribution in [0.25, 0.3) is 11.0 Å². The molecule has 1 aromatic heterocycles. The van der Waals surface area contributed by atoms with Crippen molar-refractivity contribution in [2.45, 2.75) is 71.1 Å². The number of nitrogens with zero attached hydrogens (tertiary/aromatic N) is 2. The fourth-order valence-corrected chi connectivity index (χ4v) is 5.88. The van der Waals surface area contributed by atoms with Crippen LogP contribution in [0.3, 0.4) is 0 Å². The fraction of sp³-hybridized carbons (Fsp3) is 0.435. The van der Waals surface area contributed by atoms with Gasteiger partial charge >= 0.3 is 0 Å². The minimum Gasteiger partial charge on any atom is -0.232 e. The molecule has 0 N–H and O–H groups in total. The van der Waals surface area contributed by atoms with Gasteiger partial charge in [-0.05, 0) is 53.5 Å². The van der Waals surface area contributed by atoms with Gasteiger partial charge in [0.05, 0.1) is 15.9 Å². The second-order valence-corrected chi connectivity index (χ2v) is 10.1. The molecule has 3 aromatic rings. The molecule has 0 saturated carbocycles. The van der Waals surface area contributed by atoms with Crippen LogP contribution in [0.4, 0.5) is 0 Å². The lowest BCUT2D eigenvalue weighted by atomic mass is 9.89. The number of hydrogen-bond donors (Lipinski definition) is 0. The highest BCUT2D eigenvalue weighted by molar-refractivity contribution is 7.90. The first kappa shape index (κ1) is 20.6. The Hall–Kier alpha value is -2.14. The van der Waals surface area contributed by atoms with Gasteiger partial charge in [-0.15, -0.1) is 0 Å². The Morgan fingerprint density at radius 1 is 0.857 bits per heavy atom. The van der Waals surface area contributed by atoms with Crippen LogP contribution in [0.15, 0.2) is 41.3 Å². The Kier molecular flexibility index (Phi) is 5.41. The monoisotopic (exact) mass is 398 g/mol. The van der Waals surface area contributed by atoms with Crippen molar-refractivity contribution < 1.29 is 8.42 Å². The smallest absolute Gasteiger partial charge is 0.232 e. The first-order valence-corrected chi connectivity index (χ1v) is 11.4. The lowest BCUT2D eigenvalue weighted by Crippen LogP contribution is -2.20. The molecule has 0 aliphatic carbocycles. The van der Waals surface area contributed by atoms with Crippen molar-refractivity contribution in [3.8, 4) is 0 Å². The van der Waals surface area contributed by atoms with Crippen LogP contribution >= 0.6 is 0 Å². The van der Waals surface area contributed by atoms with Crippen LogP contribution in [-0.4, -0.2) is 17.4 Å².